The number of aryl methyl sites for hydroxylation is 1. The summed E-state index contributed by atoms with van der Waals surface area (Å²) in [4.78, 5) is 34.3. The van der Waals surface area contributed by atoms with Gasteiger partial charge in [-0.3, -0.25) is 9.59 Å². The first kappa shape index (κ1) is 20.8. The number of rotatable bonds is 5. The first-order chi connectivity index (χ1) is 15.0. The number of ether oxygens (including phenoxy) is 1. The maximum atomic E-state index is 12.9. The van der Waals surface area contributed by atoms with Crippen LogP contribution in [0.1, 0.15) is 34.2 Å². The van der Waals surface area contributed by atoms with Crippen LogP contribution in [0, 0.1) is 18.3 Å². The fraction of sp³-hybridized carbons (Fsp3) is 0.273. The molecule has 1 saturated heterocycles. The Kier molecular flexibility index (Phi) is 5.89. The molecule has 31 heavy (non-hydrogen) atoms. The molecule has 1 atom stereocenters. The van der Waals surface area contributed by atoms with Crippen molar-refractivity contribution in [2.75, 3.05) is 24.7 Å². The molecular formula is C22H20ClN5O3. The van der Waals surface area contributed by atoms with Gasteiger partial charge in [-0.15, -0.1) is 0 Å². The molecule has 1 aliphatic rings. The summed E-state index contributed by atoms with van der Waals surface area (Å²) < 4.78 is 5.17. The van der Waals surface area contributed by atoms with Crippen molar-refractivity contribution in [1.82, 2.24) is 15.3 Å². The number of aromatic nitrogens is 2. The molecule has 3 aromatic rings. The summed E-state index contributed by atoms with van der Waals surface area (Å²) in [6, 6.07) is 11.9. The van der Waals surface area contributed by atoms with Gasteiger partial charge in [-0.1, -0.05) is 11.6 Å². The standard InChI is InChI=1S/C22H20ClN5O3/c1-13-10-14(2-5-19(13)28-8-9-31-12-20(28)29)22(30)27-17(6-7-24)21-25-16-4-3-15(23)11-18(16)26-21/h2-5,10-11,17H,6,8-9,12H2,1H3,(H,25,26)(H,27,30)/t17-/m0/s1. The highest BCUT2D eigenvalue weighted by Crippen LogP contribution is 2.25. The molecule has 9 heteroatoms. The fourth-order valence-electron chi connectivity index (χ4n) is 3.59. The molecule has 0 aliphatic carbocycles. The number of nitriles is 1. The topological polar surface area (TPSA) is 111 Å². The first-order valence-corrected chi connectivity index (χ1v) is 10.2. The van der Waals surface area contributed by atoms with E-state index in [0.29, 0.717) is 35.1 Å². The van der Waals surface area contributed by atoms with Gasteiger partial charge in [0.2, 0.25) is 0 Å². The number of benzene rings is 2. The number of halogens is 1. The Morgan fingerprint density at radius 3 is 2.97 bits per heavy atom. The van der Waals surface area contributed by atoms with Crippen LogP contribution in [0.3, 0.4) is 0 Å². The van der Waals surface area contributed by atoms with Gasteiger partial charge in [0.05, 0.1) is 30.1 Å². The maximum Gasteiger partial charge on any atom is 0.253 e. The molecule has 2 heterocycles. The Hall–Kier alpha value is -3.41. The lowest BCUT2D eigenvalue weighted by Gasteiger charge is -2.28. The van der Waals surface area contributed by atoms with Crippen LogP contribution < -0.4 is 10.2 Å². The van der Waals surface area contributed by atoms with Crippen molar-refractivity contribution in [2.24, 2.45) is 0 Å². The molecule has 1 aromatic heterocycles. The predicted molar refractivity (Wildman–Crippen MR) is 116 cm³/mol. The minimum absolute atomic E-state index is 0.0542. The van der Waals surface area contributed by atoms with Crippen LogP contribution in [0.25, 0.3) is 11.0 Å². The number of imidazole rings is 1. The summed E-state index contributed by atoms with van der Waals surface area (Å²) in [6.07, 6.45) is 0.0542. The summed E-state index contributed by atoms with van der Waals surface area (Å²) in [5.74, 6) is 0.0479. The lowest BCUT2D eigenvalue weighted by atomic mass is 10.1. The zero-order valence-corrected chi connectivity index (χ0v) is 17.6. The minimum atomic E-state index is -0.607. The zero-order valence-electron chi connectivity index (χ0n) is 16.8. The highest BCUT2D eigenvalue weighted by atomic mass is 35.5. The third-order valence-corrected chi connectivity index (χ3v) is 5.36. The van der Waals surface area contributed by atoms with Crippen LogP contribution in [0.4, 0.5) is 5.69 Å². The molecule has 0 spiro atoms. The van der Waals surface area contributed by atoms with Crippen molar-refractivity contribution in [3.05, 3.63) is 58.4 Å². The SMILES string of the molecule is Cc1cc(C(=O)N[C@@H](CC#N)c2nc3ccc(Cl)cc3[nH]2)ccc1N1CCOCC1=O. The van der Waals surface area contributed by atoms with Gasteiger partial charge >= 0.3 is 0 Å². The Labute approximate surface area is 183 Å². The highest BCUT2D eigenvalue weighted by molar-refractivity contribution is 6.31. The van der Waals surface area contributed by atoms with Crippen LogP contribution >= 0.6 is 11.6 Å². The molecule has 158 valence electrons. The third-order valence-electron chi connectivity index (χ3n) is 5.13. The number of hydrogen-bond acceptors (Lipinski definition) is 5. The van der Waals surface area contributed by atoms with Gasteiger partial charge < -0.3 is 19.9 Å². The van der Waals surface area contributed by atoms with E-state index in [-0.39, 0.29) is 24.8 Å². The Morgan fingerprint density at radius 2 is 2.23 bits per heavy atom. The summed E-state index contributed by atoms with van der Waals surface area (Å²) in [5, 5.41) is 12.7. The van der Waals surface area contributed by atoms with Crippen molar-refractivity contribution >= 4 is 40.1 Å². The lowest BCUT2D eigenvalue weighted by molar-refractivity contribution is -0.125. The van der Waals surface area contributed by atoms with Crippen LogP contribution in [0.15, 0.2) is 36.4 Å². The van der Waals surface area contributed by atoms with E-state index in [1.165, 1.54) is 0 Å². The highest BCUT2D eigenvalue weighted by Gasteiger charge is 2.23. The van der Waals surface area contributed by atoms with Gasteiger partial charge in [-0.2, -0.15) is 5.26 Å². The van der Waals surface area contributed by atoms with Crippen LogP contribution in [-0.4, -0.2) is 41.5 Å². The number of nitrogens with zero attached hydrogens (tertiary/aromatic N) is 3. The van der Waals surface area contributed by atoms with Gasteiger partial charge in [-0.05, 0) is 48.9 Å². The van der Waals surface area contributed by atoms with E-state index in [0.717, 1.165) is 16.8 Å². The van der Waals surface area contributed by atoms with Gasteiger partial charge in [0.25, 0.3) is 11.8 Å². The van der Waals surface area contributed by atoms with E-state index >= 15 is 0 Å². The summed E-state index contributed by atoms with van der Waals surface area (Å²) in [5.41, 5.74) is 3.43. The summed E-state index contributed by atoms with van der Waals surface area (Å²) in [7, 11) is 0. The quantitative estimate of drug-likeness (QED) is 0.636. The van der Waals surface area contributed by atoms with Crippen molar-refractivity contribution in [2.45, 2.75) is 19.4 Å². The molecule has 4 rings (SSSR count). The molecule has 2 aromatic carbocycles. The van der Waals surface area contributed by atoms with Crippen LogP contribution in [-0.2, 0) is 9.53 Å². The Morgan fingerprint density at radius 1 is 1.39 bits per heavy atom. The van der Waals surface area contributed by atoms with Gasteiger partial charge in [-0.25, -0.2) is 4.98 Å². The molecule has 1 aliphatic heterocycles. The average molecular weight is 438 g/mol. The van der Waals surface area contributed by atoms with E-state index in [1.54, 1.807) is 41.3 Å². The normalized spacial score (nSPS) is 15.0. The number of amides is 2. The smallest absolute Gasteiger partial charge is 0.253 e. The Bertz CT molecular complexity index is 1200. The van der Waals surface area contributed by atoms with Crippen molar-refractivity contribution < 1.29 is 14.3 Å². The number of aromatic amines is 1. The van der Waals surface area contributed by atoms with E-state index in [2.05, 4.69) is 21.4 Å². The third kappa shape index (κ3) is 4.38. The lowest BCUT2D eigenvalue weighted by Crippen LogP contribution is -2.42. The number of fused-ring (bicyclic) bond motifs is 1. The average Bonchev–Trinajstić information content (AvgIpc) is 3.17. The van der Waals surface area contributed by atoms with E-state index < -0.39 is 6.04 Å². The molecule has 1 fully saturated rings. The number of morpholine rings is 1. The molecular weight excluding hydrogens is 418 g/mol. The largest absolute Gasteiger partial charge is 0.370 e. The van der Waals surface area contributed by atoms with E-state index in [1.807, 2.05) is 6.92 Å². The van der Waals surface area contributed by atoms with Crippen LogP contribution in [0.2, 0.25) is 5.02 Å². The monoisotopic (exact) mass is 437 g/mol. The van der Waals surface area contributed by atoms with Gasteiger partial charge in [0.15, 0.2) is 0 Å². The van der Waals surface area contributed by atoms with E-state index in [4.69, 9.17) is 16.3 Å². The molecule has 0 saturated carbocycles. The maximum absolute atomic E-state index is 12.9. The molecule has 2 amide bonds. The van der Waals surface area contributed by atoms with Gasteiger partial charge in [0, 0.05) is 22.8 Å². The second-order valence-electron chi connectivity index (χ2n) is 7.27. The zero-order chi connectivity index (χ0) is 22.0. The van der Waals surface area contributed by atoms with Crippen LogP contribution in [0.5, 0.6) is 0 Å². The van der Waals surface area contributed by atoms with Crippen molar-refractivity contribution in [3.8, 4) is 6.07 Å². The summed E-state index contributed by atoms with van der Waals surface area (Å²) in [6.45, 7) is 2.86. The van der Waals surface area contributed by atoms with Crippen molar-refractivity contribution in [3.63, 3.8) is 0 Å². The fourth-order valence-corrected chi connectivity index (χ4v) is 3.76. The molecule has 8 nitrogen and oxygen atoms in total. The van der Waals surface area contributed by atoms with E-state index in [9.17, 15) is 14.9 Å². The first-order valence-electron chi connectivity index (χ1n) is 9.78. The number of anilines is 1. The minimum Gasteiger partial charge on any atom is -0.370 e. The number of nitrogens with one attached hydrogen (secondary N) is 2. The molecule has 0 bridgehead atoms. The van der Waals surface area contributed by atoms with Gasteiger partial charge in [0.1, 0.15) is 18.5 Å². The molecule has 0 radical (unpaired) electrons. The number of carbonyl (C=O) groups excluding carboxylic acids is 2. The number of H-pyrrole nitrogens is 1. The predicted octanol–water partition coefficient (Wildman–Crippen LogP) is 3.27. The molecule has 0 unspecified atom stereocenters. The molecule has 2 N–H and O–H groups in total. The second kappa shape index (κ2) is 8.76. The Balaban J connectivity index is 1.55. The van der Waals surface area contributed by atoms with Crippen molar-refractivity contribution in [1.29, 1.82) is 5.26 Å². The summed E-state index contributed by atoms with van der Waals surface area (Å²) >= 11 is 6.02. The second-order valence-corrected chi connectivity index (χ2v) is 7.71. The number of hydrogen-bond donors (Lipinski definition) is 2. The number of carbonyl (C=O) groups is 2.